The molecule has 1 aromatic carbocycles. The van der Waals surface area contributed by atoms with Crippen molar-refractivity contribution in [1.82, 2.24) is 15.3 Å². The fourth-order valence-electron chi connectivity index (χ4n) is 2.25. The van der Waals surface area contributed by atoms with E-state index in [4.69, 9.17) is 9.47 Å². The molecule has 7 nitrogen and oxygen atoms in total. The van der Waals surface area contributed by atoms with Gasteiger partial charge in [0.1, 0.15) is 5.69 Å². The Morgan fingerprint density at radius 2 is 1.92 bits per heavy atom. The van der Waals surface area contributed by atoms with E-state index in [1.165, 1.54) is 0 Å². The Balaban J connectivity index is 1.92. The SMILES string of the molecule is CCCNC(=O)c1ccnc(NCCc2ccc(OC)c(OC)c2)n1. The number of anilines is 1. The number of nitrogens with zero attached hydrogens (tertiary/aromatic N) is 2. The second kappa shape index (κ2) is 9.46. The molecule has 1 amide bonds. The fraction of sp³-hybridized carbons (Fsp3) is 0.389. The Labute approximate surface area is 147 Å². The predicted octanol–water partition coefficient (Wildman–Crippen LogP) is 2.29. The summed E-state index contributed by atoms with van der Waals surface area (Å²) < 4.78 is 10.5. The zero-order chi connectivity index (χ0) is 18.1. The van der Waals surface area contributed by atoms with Gasteiger partial charge in [0.2, 0.25) is 5.95 Å². The van der Waals surface area contributed by atoms with Crippen LogP contribution in [-0.2, 0) is 6.42 Å². The van der Waals surface area contributed by atoms with Crippen molar-refractivity contribution in [3.63, 3.8) is 0 Å². The van der Waals surface area contributed by atoms with Crippen molar-refractivity contribution in [2.75, 3.05) is 32.6 Å². The molecule has 0 aliphatic rings. The van der Waals surface area contributed by atoms with Crippen molar-refractivity contribution in [1.29, 1.82) is 0 Å². The molecule has 2 N–H and O–H groups in total. The van der Waals surface area contributed by atoms with Gasteiger partial charge in [-0.15, -0.1) is 0 Å². The number of rotatable bonds is 9. The lowest BCUT2D eigenvalue weighted by Crippen LogP contribution is -2.25. The summed E-state index contributed by atoms with van der Waals surface area (Å²) in [5.74, 6) is 1.65. The molecule has 1 heterocycles. The molecule has 2 rings (SSSR count). The van der Waals surface area contributed by atoms with E-state index in [9.17, 15) is 4.79 Å². The molecule has 0 saturated heterocycles. The second-order valence-corrected chi connectivity index (χ2v) is 5.39. The second-order valence-electron chi connectivity index (χ2n) is 5.39. The van der Waals surface area contributed by atoms with E-state index in [0.29, 0.717) is 36.2 Å². The third-order valence-corrected chi connectivity index (χ3v) is 3.57. The first-order valence-electron chi connectivity index (χ1n) is 8.24. The molecule has 0 radical (unpaired) electrons. The zero-order valence-corrected chi connectivity index (χ0v) is 14.8. The maximum absolute atomic E-state index is 11.9. The summed E-state index contributed by atoms with van der Waals surface area (Å²) in [6.07, 6.45) is 3.22. The molecule has 0 bridgehead atoms. The number of ether oxygens (including phenoxy) is 2. The van der Waals surface area contributed by atoms with E-state index in [1.807, 2.05) is 25.1 Å². The van der Waals surface area contributed by atoms with Gasteiger partial charge in [-0.3, -0.25) is 4.79 Å². The lowest BCUT2D eigenvalue weighted by atomic mass is 10.1. The van der Waals surface area contributed by atoms with Crippen molar-refractivity contribution in [3.8, 4) is 11.5 Å². The van der Waals surface area contributed by atoms with E-state index in [1.54, 1.807) is 26.5 Å². The molecule has 0 saturated carbocycles. The topological polar surface area (TPSA) is 85.4 Å². The van der Waals surface area contributed by atoms with Crippen LogP contribution in [0, 0.1) is 0 Å². The van der Waals surface area contributed by atoms with Crippen LogP contribution in [0.15, 0.2) is 30.5 Å². The van der Waals surface area contributed by atoms with Gasteiger partial charge in [-0.25, -0.2) is 9.97 Å². The van der Waals surface area contributed by atoms with Crippen LogP contribution in [0.25, 0.3) is 0 Å². The third-order valence-electron chi connectivity index (χ3n) is 3.57. The molecule has 0 atom stereocenters. The van der Waals surface area contributed by atoms with E-state index in [2.05, 4.69) is 20.6 Å². The highest BCUT2D eigenvalue weighted by atomic mass is 16.5. The van der Waals surface area contributed by atoms with Crippen LogP contribution in [0.1, 0.15) is 29.4 Å². The summed E-state index contributed by atoms with van der Waals surface area (Å²) in [6, 6.07) is 7.41. The van der Waals surface area contributed by atoms with Gasteiger partial charge in [0.05, 0.1) is 14.2 Å². The molecule has 0 fully saturated rings. The Kier molecular flexibility index (Phi) is 7.00. The molecule has 0 aliphatic carbocycles. The molecular formula is C18H24N4O3. The van der Waals surface area contributed by atoms with E-state index in [0.717, 1.165) is 18.4 Å². The van der Waals surface area contributed by atoms with Crippen LogP contribution in [0.5, 0.6) is 11.5 Å². The van der Waals surface area contributed by atoms with Gasteiger partial charge >= 0.3 is 0 Å². The van der Waals surface area contributed by atoms with Crippen LogP contribution in [0.3, 0.4) is 0 Å². The summed E-state index contributed by atoms with van der Waals surface area (Å²) in [5, 5.41) is 5.93. The quantitative estimate of drug-likeness (QED) is 0.726. The lowest BCUT2D eigenvalue weighted by Gasteiger charge is -2.10. The summed E-state index contributed by atoms with van der Waals surface area (Å²) >= 11 is 0. The zero-order valence-electron chi connectivity index (χ0n) is 14.8. The number of hydrogen-bond acceptors (Lipinski definition) is 6. The lowest BCUT2D eigenvalue weighted by molar-refractivity contribution is 0.0948. The monoisotopic (exact) mass is 344 g/mol. The molecule has 0 spiro atoms. The molecule has 7 heteroatoms. The first kappa shape index (κ1) is 18.5. The van der Waals surface area contributed by atoms with Gasteiger partial charge in [-0.05, 0) is 36.6 Å². The molecular weight excluding hydrogens is 320 g/mol. The number of aromatic nitrogens is 2. The standard InChI is InChI=1S/C18H24N4O3/c1-4-9-19-17(23)14-8-11-21-18(22-14)20-10-7-13-5-6-15(24-2)16(12-13)25-3/h5-6,8,11-12H,4,7,9-10H2,1-3H3,(H,19,23)(H,20,21,22). The highest BCUT2D eigenvalue weighted by Crippen LogP contribution is 2.27. The molecule has 134 valence electrons. The van der Waals surface area contributed by atoms with E-state index in [-0.39, 0.29) is 5.91 Å². The van der Waals surface area contributed by atoms with Gasteiger partial charge in [0, 0.05) is 19.3 Å². The van der Waals surface area contributed by atoms with Crippen LogP contribution in [0.4, 0.5) is 5.95 Å². The van der Waals surface area contributed by atoms with Crippen molar-refractivity contribution in [2.24, 2.45) is 0 Å². The smallest absolute Gasteiger partial charge is 0.270 e. The van der Waals surface area contributed by atoms with Crippen molar-refractivity contribution >= 4 is 11.9 Å². The third kappa shape index (κ3) is 5.34. The van der Waals surface area contributed by atoms with E-state index >= 15 is 0 Å². The van der Waals surface area contributed by atoms with Gasteiger partial charge in [0.15, 0.2) is 11.5 Å². The number of carbonyl (C=O) groups excluding carboxylic acids is 1. The molecule has 0 aliphatic heterocycles. The Bertz CT molecular complexity index is 706. The summed E-state index contributed by atoms with van der Waals surface area (Å²) in [5.41, 5.74) is 1.46. The van der Waals surface area contributed by atoms with Crippen LogP contribution in [0.2, 0.25) is 0 Å². The first-order chi connectivity index (χ1) is 12.2. The van der Waals surface area contributed by atoms with Crippen LogP contribution in [-0.4, -0.2) is 43.2 Å². The van der Waals surface area contributed by atoms with Crippen molar-refractivity contribution in [3.05, 3.63) is 41.7 Å². The van der Waals surface area contributed by atoms with Gasteiger partial charge in [0.25, 0.3) is 5.91 Å². The average Bonchev–Trinajstić information content (AvgIpc) is 2.66. The number of amides is 1. The molecule has 25 heavy (non-hydrogen) atoms. The van der Waals surface area contributed by atoms with E-state index < -0.39 is 0 Å². The normalized spacial score (nSPS) is 10.2. The van der Waals surface area contributed by atoms with Crippen LogP contribution >= 0.6 is 0 Å². The van der Waals surface area contributed by atoms with Gasteiger partial charge in [-0.2, -0.15) is 0 Å². The summed E-state index contributed by atoms with van der Waals surface area (Å²) in [4.78, 5) is 20.3. The molecule has 2 aromatic rings. The fourth-order valence-corrected chi connectivity index (χ4v) is 2.25. The molecule has 1 aromatic heterocycles. The minimum absolute atomic E-state index is 0.188. The Morgan fingerprint density at radius 1 is 1.12 bits per heavy atom. The Hall–Kier alpha value is -2.83. The van der Waals surface area contributed by atoms with Crippen LogP contribution < -0.4 is 20.1 Å². The maximum atomic E-state index is 11.9. The number of hydrogen-bond donors (Lipinski definition) is 2. The molecule has 0 unspecified atom stereocenters. The largest absolute Gasteiger partial charge is 0.493 e. The maximum Gasteiger partial charge on any atom is 0.270 e. The highest BCUT2D eigenvalue weighted by molar-refractivity contribution is 5.92. The predicted molar refractivity (Wildman–Crippen MR) is 96.4 cm³/mol. The highest BCUT2D eigenvalue weighted by Gasteiger charge is 2.08. The first-order valence-corrected chi connectivity index (χ1v) is 8.24. The number of nitrogens with one attached hydrogen (secondary N) is 2. The summed E-state index contributed by atoms with van der Waals surface area (Å²) in [7, 11) is 3.23. The minimum Gasteiger partial charge on any atom is -0.493 e. The number of carbonyl (C=O) groups is 1. The summed E-state index contributed by atoms with van der Waals surface area (Å²) in [6.45, 7) is 3.27. The minimum atomic E-state index is -0.188. The number of benzene rings is 1. The van der Waals surface area contributed by atoms with Gasteiger partial charge in [-0.1, -0.05) is 13.0 Å². The Morgan fingerprint density at radius 3 is 2.64 bits per heavy atom. The number of methoxy groups -OCH3 is 2. The van der Waals surface area contributed by atoms with Gasteiger partial charge < -0.3 is 20.1 Å². The average molecular weight is 344 g/mol. The van der Waals surface area contributed by atoms with Crippen molar-refractivity contribution < 1.29 is 14.3 Å². The van der Waals surface area contributed by atoms with Crippen molar-refractivity contribution in [2.45, 2.75) is 19.8 Å².